The van der Waals surface area contributed by atoms with Crippen LogP contribution in [0.4, 0.5) is 30.7 Å². The number of rotatable bonds is 9. The SMILES string of the molecule is CCCCCC12COC(c3cc(F)c(C(F)(F)Oc4ccc(-c5ccc(F)c(F)c5)c(F)c4)c(F)c3)(OC1)OC2. The fourth-order valence-electron chi connectivity index (χ4n) is 4.89. The van der Waals surface area contributed by atoms with E-state index in [9.17, 15) is 30.7 Å². The number of unbranched alkanes of at least 4 members (excludes halogenated alkanes) is 2. The molecular formula is C29H25F7O4. The normalized spacial score (nSPS) is 22.5. The van der Waals surface area contributed by atoms with Gasteiger partial charge in [-0.15, -0.1) is 0 Å². The average molecular weight is 571 g/mol. The van der Waals surface area contributed by atoms with Crippen molar-refractivity contribution in [1.82, 2.24) is 0 Å². The summed E-state index contributed by atoms with van der Waals surface area (Å²) < 4.78 is 123. The van der Waals surface area contributed by atoms with Crippen molar-refractivity contribution in [2.45, 2.75) is 44.7 Å². The van der Waals surface area contributed by atoms with Crippen LogP contribution in [0.5, 0.6) is 5.75 Å². The zero-order valence-corrected chi connectivity index (χ0v) is 21.3. The van der Waals surface area contributed by atoms with Gasteiger partial charge in [0.1, 0.15) is 28.8 Å². The summed E-state index contributed by atoms with van der Waals surface area (Å²) in [5.41, 5.74) is -2.66. The van der Waals surface area contributed by atoms with Crippen molar-refractivity contribution in [1.29, 1.82) is 0 Å². The molecule has 0 N–H and O–H groups in total. The number of hydrogen-bond acceptors (Lipinski definition) is 4. The van der Waals surface area contributed by atoms with Crippen LogP contribution in [0.15, 0.2) is 48.5 Å². The Morgan fingerprint density at radius 3 is 1.98 bits per heavy atom. The van der Waals surface area contributed by atoms with Crippen molar-refractivity contribution in [3.63, 3.8) is 0 Å². The number of hydrogen-bond donors (Lipinski definition) is 0. The van der Waals surface area contributed by atoms with Gasteiger partial charge in [0.2, 0.25) is 0 Å². The van der Waals surface area contributed by atoms with Crippen LogP contribution in [0, 0.1) is 34.5 Å². The Bertz CT molecular complexity index is 1360. The molecule has 0 amide bonds. The molecule has 0 aromatic heterocycles. The van der Waals surface area contributed by atoms with Crippen molar-refractivity contribution in [2.75, 3.05) is 19.8 Å². The minimum atomic E-state index is -4.56. The molecule has 3 aromatic rings. The summed E-state index contributed by atoms with van der Waals surface area (Å²) in [7, 11) is 0. The van der Waals surface area contributed by atoms with Gasteiger partial charge in [0.25, 0.3) is 0 Å². The van der Waals surface area contributed by atoms with Crippen molar-refractivity contribution in [3.05, 3.63) is 88.7 Å². The second-order valence-electron chi connectivity index (χ2n) is 10.1. The summed E-state index contributed by atoms with van der Waals surface area (Å²) in [6.07, 6.45) is -0.795. The number of alkyl halides is 2. The molecule has 2 bridgehead atoms. The maximum absolute atomic E-state index is 15.0. The molecule has 3 fully saturated rings. The number of ether oxygens (including phenoxy) is 4. The zero-order valence-electron chi connectivity index (χ0n) is 21.3. The van der Waals surface area contributed by atoms with Crippen LogP contribution >= 0.6 is 0 Å². The van der Waals surface area contributed by atoms with E-state index in [2.05, 4.69) is 11.7 Å². The van der Waals surface area contributed by atoms with Gasteiger partial charge in [-0.3, -0.25) is 0 Å². The third-order valence-electron chi connectivity index (χ3n) is 7.12. The van der Waals surface area contributed by atoms with Gasteiger partial charge in [-0.25, -0.2) is 22.0 Å². The van der Waals surface area contributed by atoms with Gasteiger partial charge < -0.3 is 18.9 Å². The van der Waals surface area contributed by atoms with E-state index in [1.807, 2.05) is 0 Å². The smallest absolute Gasteiger partial charge is 0.429 e. The van der Waals surface area contributed by atoms with Crippen molar-refractivity contribution < 1.29 is 49.7 Å². The Morgan fingerprint density at radius 2 is 1.40 bits per heavy atom. The standard InChI is InChI=1S/C29H25F7O4/c1-2-3-4-9-27-14-37-29(38-15-27,39-16-27)18-11-24(33)26(25(34)12-18)28(35,36)40-19-6-7-20(22(31)13-19)17-5-8-21(30)23(32)10-17/h5-8,10-13H,2-4,9,14-16H2,1H3. The molecule has 3 aliphatic rings. The fourth-order valence-corrected chi connectivity index (χ4v) is 4.89. The highest BCUT2D eigenvalue weighted by atomic mass is 19.3. The first-order valence-corrected chi connectivity index (χ1v) is 12.7. The van der Waals surface area contributed by atoms with Crippen molar-refractivity contribution in [3.8, 4) is 16.9 Å². The lowest BCUT2D eigenvalue weighted by atomic mass is 9.82. The molecule has 11 heteroatoms. The topological polar surface area (TPSA) is 36.9 Å². The van der Waals surface area contributed by atoms with E-state index in [1.165, 1.54) is 0 Å². The Labute approximate surface area is 225 Å². The van der Waals surface area contributed by atoms with Gasteiger partial charge in [0, 0.05) is 22.6 Å². The lowest BCUT2D eigenvalue weighted by Gasteiger charge is -2.52. The minimum Gasteiger partial charge on any atom is -0.429 e. The molecule has 214 valence electrons. The van der Waals surface area contributed by atoms with E-state index in [1.54, 1.807) is 0 Å². The van der Waals surface area contributed by atoms with Crippen LogP contribution in [-0.2, 0) is 26.3 Å². The fraction of sp³-hybridized carbons (Fsp3) is 0.379. The van der Waals surface area contributed by atoms with E-state index in [0.29, 0.717) is 18.2 Å². The Balaban J connectivity index is 1.34. The average Bonchev–Trinajstić information content (AvgIpc) is 2.91. The minimum absolute atomic E-state index is 0.0583. The first-order chi connectivity index (χ1) is 19.0. The van der Waals surface area contributed by atoms with Gasteiger partial charge in [0.05, 0.1) is 19.8 Å². The van der Waals surface area contributed by atoms with Crippen molar-refractivity contribution >= 4 is 0 Å². The quantitative estimate of drug-likeness (QED) is 0.193. The molecule has 3 saturated heterocycles. The Kier molecular flexibility index (Phi) is 7.58. The van der Waals surface area contributed by atoms with Crippen LogP contribution < -0.4 is 4.74 Å². The molecule has 0 radical (unpaired) electrons. The van der Waals surface area contributed by atoms with Crippen LogP contribution in [-0.4, -0.2) is 19.8 Å². The Morgan fingerprint density at radius 1 is 0.750 bits per heavy atom. The monoisotopic (exact) mass is 570 g/mol. The summed E-state index contributed by atoms with van der Waals surface area (Å²) in [4.78, 5) is 0. The Hall–Kier alpha value is -3.15. The summed E-state index contributed by atoms with van der Waals surface area (Å²) in [5, 5.41) is 0. The van der Waals surface area contributed by atoms with Gasteiger partial charge in [-0.2, -0.15) is 8.78 Å². The molecule has 0 saturated carbocycles. The van der Waals surface area contributed by atoms with Crippen LogP contribution in [0.25, 0.3) is 11.1 Å². The molecular weight excluding hydrogens is 545 g/mol. The maximum atomic E-state index is 15.0. The summed E-state index contributed by atoms with van der Waals surface area (Å²) in [6.45, 7) is 2.72. The van der Waals surface area contributed by atoms with Crippen LogP contribution in [0.1, 0.15) is 43.7 Å². The lowest BCUT2D eigenvalue weighted by molar-refractivity contribution is -0.480. The largest absolute Gasteiger partial charge is 0.432 e. The molecule has 4 nitrogen and oxygen atoms in total. The molecule has 40 heavy (non-hydrogen) atoms. The van der Waals surface area contributed by atoms with Gasteiger partial charge in [-0.05, 0) is 48.4 Å². The van der Waals surface area contributed by atoms with Gasteiger partial charge in [-0.1, -0.05) is 32.3 Å². The lowest BCUT2D eigenvalue weighted by Crippen LogP contribution is -2.58. The molecule has 0 unspecified atom stereocenters. The molecule has 0 spiro atoms. The van der Waals surface area contributed by atoms with E-state index in [4.69, 9.17) is 14.2 Å². The summed E-state index contributed by atoms with van der Waals surface area (Å²) in [6, 6.07) is 6.29. The van der Waals surface area contributed by atoms with E-state index >= 15 is 0 Å². The zero-order chi connectivity index (χ0) is 28.7. The van der Waals surface area contributed by atoms with Gasteiger partial charge in [0.15, 0.2) is 11.6 Å². The number of fused-ring (bicyclic) bond motifs is 3. The number of halogens is 7. The molecule has 6 rings (SSSR count). The highest BCUT2D eigenvalue weighted by molar-refractivity contribution is 5.65. The second kappa shape index (κ2) is 10.7. The van der Waals surface area contributed by atoms with E-state index in [0.717, 1.165) is 56.0 Å². The molecule has 3 heterocycles. The molecule has 0 atom stereocenters. The summed E-state index contributed by atoms with van der Waals surface area (Å²) >= 11 is 0. The third-order valence-corrected chi connectivity index (χ3v) is 7.12. The maximum Gasteiger partial charge on any atom is 0.432 e. The van der Waals surface area contributed by atoms with Crippen LogP contribution in [0.3, 0.4) is 0 Å². The van der Waals surface area contributed by atoms with E-state index in [-0.39, 0.29) is 41.9 Å². The predicted molar refractivity (Wildman–Crippen MR) is 129 cm³/mol. The van der Waals surface area contributed by atoms with Crippen LogP contribution in [0.2, 0.25) is 0 Å². The molecule has 0 aliphatic carbocycles. The third kappa shape index (κ3) is 5.29. The van der Waals surface area contributed by atoms with Crippen molar-refractivity contribution in [2.24, 2.45) is 5.41 Å². The predicted octanol–water partition coefficient (Wildman–Crippen LogP) is 7.93. The second-order valence-corrected chi connectivity index (χ2v) is 10.1. The first-order valence-electron chi connectivity index (χ1n) is 12.7. The molecule has 3 aliphatic heterocycles. The first kappa shape index (κ1) is 28.4. The molecule has 3 aromatic carbocycles. The number of benzene rings is 3. The van der Waals surface area contributed by atoms with Gasteiger partial charge >= 0.3 is 12.1 Å². The highest BCUT2D eigenvalue weighted by Crippen LogP contribution is 2.47. The van der Waals surface area contributed by atoms with E-state index < -0.39 is 52.5 Å². The highest BCUT2D eigenvalue weighted by Gasteiger charge is 2.54. The summed E-state index contributed by atoms with van der Waals surface area (Å²) in [5.74, 6) is -9.49.